The number of carbonyl (C=O) groups is 2. The number of rotatable bonds is 4. The lowest BCUT2D eigenvalue weighted by atomic mass is 9.97. The summed E-state index contributed by atoms with van der Waals surface area (Å²) in [7, 11) is 0. The van der Waals surface area contributed by atoms with Crippen molar-refractivity contribution in [2.24, 2.45) is 0 Å². The van der Waals surface area contributed by atoms with Gasteiger partial charge in [0.2, 0.25) is 0 Å². The van der Waals surface area contributed by atoms with E-state index in [-0.39, 0.29) is 18.7 Å². The van der Waals surface area contributed by atoms with Crippen molar-refractivity contribution >= 4 is 11.7 Å². The molecular formula is C14H14FNO4. The molecule has 0 unspecified atom stereocenters. The van der Waals surface area contributed by atoms with Gasteiger partial charge in [0.1, 0.15) is 5.82 Å². The molecule has 0 spiro atoms. The Morgan fingerprint density at radius 2 is 2.15 bits per heavy atom. The molecule has 20 heavy (non-hydrogen) atoms. The third-order valence-electron chi connectivity index (χ3n) is 3.19. The van der Waals surface area contributed by atoms with Gasteiger partial charge in [-0.3, -0.25) is 9.59 Å². The largest absolute Gasteiger partial charge is 0.503 e. The minimum absolute atomic E-state index is 0.0547. The van der Waals surface area contributed by atoms with Gasteiger partial charge in [-0.25, -0.2) is 4.39 Å². The van der Waals surface area contributed by atoms with Crippen molar-refractivity contribution in [1.29, 1.82) is 0 Å². The number of benzene rings is 1. The molecule has 0 bridgehead atoms. The predicted octanol–water partition coefficient (Wildman–Crippen LogP) is 1.10. The van der Waals surface area contributed by atoms with Gasteiger partial charge in [0.05, 0.1) is 18.2 Å². The minimum Gasteiger partial charge on any atom is -0.503 e. The number of aliphatic hydroxyl groups is 2. The molecule has 0 aromatic heterocycles. The average molecular weight is 279 g/mol. The van der Waals surface area contributed by atoms with Gasteiger partial charge in [0.25, 0.3) is 5.91 Å². The van der Waals surface area contributed by atoms with Crippen LogP contribution in [0.4, 0.5) is 4.39 Å². The van der Waals surface area contributed by atoms with Crippen molar-refractivity contribution in [2.75, 3.05) is 13.2 Å². The van der Waals surface area contributed by atoms with Crippen LogP contribution in [0.25, 0.3) is 0 Å². The Balaban J connectivity index is 2.54. The van der Waals surface area contributed by atoms with Crippen molar-refractivity contribution in [3.63, 3.8) is 0 Å². The van der Waals surface area contributed by atoms with E-state index >= 15 is 0 Å². The van der Waals surface area contributed by atoms with E-state index in [1.165, 1.54) is 25.1 Å². The maximum atomic E-state index is 13.3. The summed E-state index contributed by atoms with van der Waals surface area (Å²) in [5.74, 6) is -2.35. The zero-order valence-corrected chi connectivity index (χ0v) is 10.8. The summed E-state index contributed by atoms with van der Waals surface area (Å²) in [4.78, 5) is 24.8. The molecule has 1 aromatic rings. The van der Waals surface area contributed by atoms with Crippen LogP contribution in [0.15, 0.2) is 35.6 Å². The highest BCUT2D eigenvalue weighted by Gasteiger charge is 2.41. The Bertz CT molecular complexity index is 597. The van der Waals surface area contributed by atoms with E-state index in [4.69, 9.17) is 5.11 Å². The zero-order chi connectivity index (χ0) is 14.9. The van der Waals surface area contributed by atoms with E-state index in [0.29, 0.717) is 5.56 Å². The second-order valence-corrected chi connectivity index (χ2v) is 4.50. The van der Waals surface area contributed by atoms with Crippen molar-refractivity contribution in [2.45, 2.75) is 13.0 Å². The minimum atomic E-state index is -0.872. The Kier molecular flexibility index (Phi) is 3.85. The van der Waals surface area contributed by atoms with Gasteiger partial charge >= 0.3 is 0 Å². The van der Waals surface area contributed by atoms with Crippen LogP contribution in [0, 0.1) is 5.82 Å². The molecule has 106 valence electrons. The number of ketones is 1. The van der Waals surface area contributed by atoms with Crippen molar-refractivity contribution in [1.82, 2.24) is 4.90 Å². The van der Waals surface area contributed by atoms with E-state index in [2.05, 4.69) is 0 Å². The fourth-order valence-corrected chi connectivity index (χ4v) is 2.37. The summed E-state index contributed by atoms with van der Waals surface area (Å²) >= 11 is 0. The lowest BCUT2D eigenvalue weighted by Gasteiger charge is -2.25. The van der Waals surface area contributed by atoms with Gasteiger partial charge in [-0.1, -0.05) is 12.1 Å². The van der Waals surface area contributed by atoms with Gasteiger partial charge < -0.3 is 15.1 Å². The predicted molar refractivity (Wildman–Crippen MR) is 68.3 cm³/mol. The second kappa shape index (κ2) is 5.42. The SMILES string of the molecule is CC(=O)C1=C(O)C(=O)N(CCO)[C@@H]1c1cccc(F)c1. The molecule has 1 heterocycles. The summed E-state index contributed by atoms with van der Waals surface area (Å²) in [5, 5.41) is 18.8. The summed E-state index contributed by atoms with van der Waals surface area (Å²) in [6, 6.07) is 4.59. The highest BCUT2D eigenvalue weighted by Crippen LogP contribution is 2.37. The molecule has 0 saturated carbocycles. The Morgan fingerprint density at radius 1 is 1.45 bits per heavy atom. The fourth-order valence-electron chi connectivity index (χ4n) is 2.37. The molecule has 0 fully saturated rings. The molecule has 0 aliphatic carbocycles. The first-order valence-corrected chi connectivity index (χ1v) is 6.08. The number of Topliss-reactive ketones (excluding diaryl/α,β-unsaturated/α-hetero) is 1. The summed E-state index contributed by atoms with van der Waals surface area (Å²) in [5.41, 5.74) is 0.301. The maximum absolute atomic E-state index is 13.3. The number of β-amino-alcohol motifs (C(OH)–C–C–N with tert-alkyl or cyclic N) is 1. The quantitative estimate of drug-likeness (QED) is 0.865. The second-order valence-electron chi connectivity index (χ2n) is 4.50. The highest BCUT2D eigenvalue weighted by atomic mass is 19.1. The molecule has 1 amide bonds. The standard InChI is InChI=1S/C14H14FNO4/c1-8(18)11-12(9-3-2-4-10(15)7-9)16(5-6-17)14(20)13(11)19/h2-4,7,12,17,19H,5-6H2,1H3/t12-/m1/s1. The van der Waals surface area contributed by atoms with Crippen LogP contribution >= 0.6 is 0 Å². The fraction of sp³-hybridized carbons (Fsp3) is 0.286. The monoisotopic (exact) mass is 279 g/mol. The van der Waals surface area contributed by atoms with Crippen molar-refractivity contribution < 1.29 is 24.2 Å². The first kappa shape index (κ1) is 14.2. The smallest absolute Gasteiger partial charge is 0.290 e. The maximum Gasteiger partial charge on any atom is 0.290 e. The molecule has 0 saturated heterocycles. The van der Waals surface area contributed by atoms with E-state index in [1.54, 1.807) is 6.07 Å². The number of amides is 1. The number of hydrogen-bond acceptors (Lipinski definition) is 4. The molecule has 2 rings (SSSR count). The van der Waals surface area contributed by atoms with Gasteiger partial charge in [-0.2, -0.15) is 0 Å². The molecule has 5 nitrogen and oxygen atoms in total. The third kappa shape index (κ3) is 2.30. The first-order chi connectivity index (χ1) is 9.47. The van der Waals surface area contributed by atoms with Crippen LogP contribution < -0.4 is 0 Å². The number of hydrogen-bond donors (Lipinski definition) is 2. The Labute approximate surface area is 114 Å². The normalized spacial score (nSPS) is 18.9. The molecule has 1 aromatic carbocycles. The molecule has 6 heteroatoms. The van der Waals surface area contributed by atoms with Crippen LogP contribution in [0.1, 0.15) is 18.5 Å². The summed E-state index contributed by atoms with van der Waals surface area (Å²) < 4.78 is 13.3. The van der Waals surface area contributed by atoms with Gasteiger partial charge in [0, 0.05) is 6.54 Å². The average Bonchev–Trinajstić information content (AvgIpc) is 2.64. The molecule has 1 aliphatic rings. The van der Waals surface area contributed by atoms with E-state index in [9.17, 15) is 19.1 Å². The topological polar surface area (TPSA) is 77.8 Å². The molecule has 1 aliphatic heterocycles. The zero-order valence-electron chi connectivity index (χ0n) is 10.8. The molecule has 0 radical (unpaired) electrons. The molecule has 2 N–H and O–H groups in total. The van der Waals surface area contributed by atoms with Crippen LogP contribution in [-0.2, 0) is 9.59 Å². The van der Waals surface area contributed by atoms with E-state index in [0.717, 1.165) is 4.90 Å². The van der Waals surface area contributed by atoms with Crippen LogP contribution in [0.3, 0.4) is 0 Å². The summed E-state index contributed by atoms with van der Waals surface area (Å²) in [6.45, 7) is 0.852. The van der Waals surface area contributed by atoms with E-state index in [1.807, 2.05) is 0 Å². The van der Waals surface area contributed by atoms with Crippen LogP contribution in [-0.4, -0.2) is 40.0 Å². The van der Waals surface area contributed by atoms with Gasteiger partial charge in [-0.15, -0.1) is 0 Å². The lowest BCUT2D eigenvalue weighted by Crippen LogP contribution is -2.33. The van der Waals surface area contributed by atoms with Gasteiger partial charge in [0.15, 0.2) is 11.5 Å². The van der Waals surface area contributed by atoms with Crippen molar-refractivity contribution in [3.8, 4) is 0 Å². The first-order valence-electron chi connectivity index (χ1n) is 6.08. The Hall–Kier alpha value is -2.21. The number of aliphatic hydroxyl groups excluding tert-OH is 2. The number of halogens is 1. The summed E-state index contributed by atoms with van der Waals surface area (Å²) in [6.07, 6.45) is 0. The van der Waals surface area contributed by atoms with Crippen LogP contribution in [0.2, 0.25) is 0 Å². The lowest BCUT2D eigenvalue weighted by molar-refractivity contribution is -0.129. The molecule has 1 atom stereocenters. The van der Waals surface area contributed by atoms with Crippen LogP contribution in [0.5, 0.6) is 0 Å². The Morgan fingerprint density at radius 3 is 2.70 bits per heavy atom. The highest BCUT2D eigenvalue weighted by molar-refractivity contribution is 6.08. The van der Waals surface area contributed by atoms with E-state index < -0.39 is 29.3 Å². The van der Waals surface area contributed by atoms with Crippen molar-refractivity contribution in [3.05, 3.63) is 47.0 Å². The number of carbonyl (C=O) groups excluding carboxylic acids is 2. The van der Waals surface area contributed by atoms with Gasteiger partial charge in [-0.05, 0) is 24.6 Å². The third-order valence-corrected chi connectivity index (χ3v) is 3.19. The number of nitrogens with zero attached hydrogens (tertiary/aromatic N) is 1. The molecular weight excluding hydrogens is 265 g/mol.